The third-order valence-electron chi connectivity index (χ3n) is 4.66. The first-order valence-electron chi connectivity index (χ1n) is 4.98. The first-order valence-corrected chi connectivity index (χ1v) is 4.98. The molecule has 68 valence electrons. The summed E-state index contributed by atoms with van der Waals surface area (Å²) >= 11 is 0. The lowest BCUT2D eigenvalue weighted by atomic mass is 9.92. The fraction of sp³-hybridized carbons (Fsp3) is 1.00. The van der Waals surface area contributed by atoms with Gasteiger partial charge in [0.2, 0.25) is 0 Å². The molecule has 0 aromatic rings. The van der Waals surface area contributed by atoms with Gasteiger partial charge in [0.1, 0.15) is 0 Å². The van der Waals surface area contributed by atoms with Crippen LogP contribution in [0.1, 0.15) is 32.6 Å². The van der Waals surface area contributed by atoms with Crippen LogP contribution in [-0.2, 0) is 0 Å². The van der Waals surface area contributed by atoms with Gasteiger partial charge in [0.25, 0.3) is 0 Å². The SMILES string of the molecule is C[C@@H]1C[C@@]2(C[C@H]2O)[C@@H](O)C12CC2. The van der Waals surface area contributed by atoms with Crippen molar-refractivity contribution in [2.24, 2.45) is 16.7 Å². The third kappa shape index (κ3) is 0.579. The maximum Gasteiger partial charge on any atom is 0.0680 e. The van der Waals surface area contributed by atoms with E-state index in [0.717, 1.165) is 12.8 Å². The van der Waals surface area contributed by atoms with Crippen LogP contribution in [0.15, 0.2) is 0 Å². The van der Waals surface area contributed by atoms with Crippen LogP contribution in [0.5, 0.6) is 0 Å². The second kappa shape index (κ2) is 1.73. The molecule has 3 saturated carbocycles. The van der Waals surface area contributed by atoms with E-state index in [1.807, 2.05) is 0 Å². The van der Waals surface area contributed by atoms with E-state index in [1.165, 1.54) is 12.8 Å². The third-order valence-corrected chi connectivity index (χ3v) is 4.66. The maximum atomic E-state index is 10.1. The molecule has 2 N–H and O–H groups in total. The monoisotopic (exact) mass is 168 g/mol. The van der Waals surface area contributed by atoms with Crippen molar-refractivity contribution in [3.8, 4) is 0 Å². The molecule has 2 heteroatoms. The zero-order valence-electron chi connectivity index (χ0n) is 7.45. The Morgan fingerprint density at radius 3 is 1.92 bits per heavy atom. The molecule has 0 bridgehead atoms. The van der Waals surface area contributed by atoms with Gasteiger partial charge in [-0.3, -0.25) is 0 Å². The Morgan fingerprint density at radius 1 is 1.08 bits per heavy atom. The van der Waals surface area contributed by atoms with Gasteiger partial charge in [-0.25, -0.2) is 0 Å². The Morgan fingerprint density at radius 2 is 1.67 bits per heavy atom. The normalized spacial score (nSPS) is 59.8. The summed E-state index contributed by atoms with van der Waals surface area (Å²) in [5, 5.41) is 19.6. The lowest BCUT2D eigenvalue weighted by Gasteiger charge is -2.19. The lowest BCUT2D eigenvalue weighted by molar-refractivity contribution is 0.0404. The Labute approximate surface area is 72.6 Å². The van der Waals surface area contributed by atoms with Crippen molar-refractivity contribution in [3.05, 3.63) is 0 Å². The molecule has 0 unspecified atom stereocenters. The first-order chi connectivity index (χ1) is 5.62. The second-order valence-electron chi connectivity index (χ2n) is 5.19. The molecule has 0 saturated heterocycles. The van der Waals surface area contributed by atoms with Crippen LogP contribution >= 0.6 is 0 Å². The molecular formula is C10H16O2. The lowest BCUT2D eigenvalue weighted by Crippen LogP contribution is -2.26. The highest BCUT2D eigenvalue weighted by molar-refractivity contribution is 5.23. The van der Waals surface area contributed by atoms with Gasteiger partial charge in [-0.15, -0.1) is 0 Å². The Balaban J connectivity index is 1.94. The largest absolute Gasteiger partial charge is 0.392 e. The van der Waals surface area contributed by atoms with Crippen LogP contribution in [0, 0.1) is 16.7 Å². The van der Waals surface area contributed by atoms with Gasteiger partial charge in [-0.1, -0.05) is 6.92 Å². The van der Waals surface area contributed by atoms with Gasteiger partial charge in [-0.2, -0.15) is 0 Å². The van der Waals surface area contributed by atoms with Gasteiger partial charge in [0.05, 0.1) is 12.2 Å². The zero-order valence-corrected chi connectivity index (χ0v) is 7.45. The van der Waals surface area contributed by atoms with Crippen LogP contribution in [-0.4, -0.2) is 22.4 Å². The molecule has 4 atom stereocenters. The van der Waals surface area contributed by atoms with E-state index >= 15 is 0 Å². The highest BCUT2D eigenvalue weighted by Gasteiger charge is 2.73. The van der Waals surface area contributed by atoms with E-state index < -0.39 is 0 Å². The number of aliphatic hydroxyl groups excluding tert-OH is 2. The van der Waals surface area contributed by atoms with Crippen LogP contribution in [0.2, 0.25) is 0 Å². The highest BCUT2D eigenvalue weighted by atomic mass is 16.3. The van der Waals surface area contributed by atoms with Crippen molar-refractivity contribution in [2.45, 2.75) is 44.8 Å². The zero-order chi connectivity index (χ0) is 8.56. The van der Waals surface area contributed by atoms with Gasteiger partial charge < -0.3 is 10.2 Å². The Kier molecular flexibility index (Phi) is 1.06. The number of aliphatic hydroxyl groups is 2. The maximum absolute atomic E-state index is 10.1. The quantitative estimate of drug-likeness (QED) is 0.564. The predicted octanol–water partition coefficient (Wildman–Crippen LogP) is 0.918. The summed E-state index contributed by atoms with van der Waals surface area (Å²) in [6.45, 7) is 2.23. The average Bonchev–Trinajstić information content (AvgIpc) is 2.85. The molecule has 3 fully saturated rings. The van der Waals surface area contributed by atoms with Gasteiger partial charge in [0, 0.05) is 5.41 Å². The minimum absolute atomic E-state index is 0.0596. The Hall–Kier alpha value is -0.0800. The summed E-state index contributed by atoms with van der Waals surface area (Å²) in [4.78, 5) is 0. The summed E-state index contributed by atoms with van der Waals surface area (Å²) in [5.41, 5.74) is 0.174. The summed E-state index contributed by atoms with van der Waals surface area (Å²) in [7, 11) is 0. The molecule has 0 heterocycles. The molecule has 3 aliphatic carbocycles. The van der Waals surface area contributed by atoms with Crippen LogP contribution in [0.3, 0.4) is 0 Å². The van der Waals surface area contributed by atoms with E-state index in [1.54, 1.807) is 0 Å². The first kappa shape index (κ1) is 7.34. The molecule has 3 rings (SSSR count). The molecule has 3 aliphatic rings. The van der Waals surface area contributed by atoms with E-state index in [2.05, 4.69) is 6.92 Å². The predicted molar refractivity (Wildman–Crippen MR) is 44.5 cm³/mol. The van der Waals surface area contributed by atoms with Crippen molar-refractivity contribution in [3.63, 3.8) is 0 Å². The average molecular weight is 168 g/mol. The number of rotatable bonds is 0. The van der Waals surface area contributed by atoms with Crippen molar-refractivity contribution >= 4 is 0 Å². The van der Waals surface area contributed by atoms with Crippen molar-refractivity contribution < 1.29 is 10.2 Å². The van der Waals surface area contributed by atoms with Crippen molar-refractivity contribution in [1.29, 1.82) is 0 Å². The molecule has 12 heavy (non-hydrogen) atoms. The van der Waals surface area contributed by atoms with E-state index in [9.17, 15) is 10.2 Å². The number of hydrogen-bond donors (Lipinski definition) is 2. The summed E-state index contributed by atoms with van der Waals surface area (Å²) in [6.07, 6.45) is 3.87. The summed E-state index contributed by atoms with van der Waals surface area (Å²) < 4.78 is 0. The van der Waals surface area contributed by atoms with Crippen molar-refractivity contribution in [2.75, 3.05) is 0 Å². The fourth-order valence-electron chi connectivity index (χ4n) is 3.45. The smallest absolute Gasteiger partial charge is 0.0680 e. The molecular weight excluding hydrogens is 152 g/mol. The molecule has 2 nitrogen and oxygen atoms in total. The minimum atomic E-state index is -0.199. The van der Waals surface area contributed by atoms with Gasteiger partial charge >= 0.3 is 0 Å². The van der Waals surface area contributed by atoms with Gasteiger partial charge in [0.15, 0.2) is 0 Å². The molecule has 0 radical (unpaired) electrons. The van der Waals surface area contributed by atoms with Crippen LogP contribution in [0.4, 0.5) is 0 Å². The molecule has 0 amide bonds. The van der Waals surface area contributed by atoms with E-state index in [4.69, 9.17) is 0 Å². The molecule has 0 aromatic heterocycles. The molecule has 0 aromatic carbocycles. The van der Waals surface area contributed by atoms with Gasteiger partial charge in [-0.05, 0) is 37.0 Å². The van der Waals surface area contributed by atoms with E-state index in [-0.39, 0.29) is 23.0 Å². The molecule has 0 aliphatic heterocycles. The standard InChI is InChI=1S/C10H16O2/c1-6-4-10(5-7(10)11)8(12)9(6)2-3-9/h6-8,11-12H,2-5H2,1H3/t6-,7-,8+,10+/m1/s1. The minimum Gasteiger partial charge on any atom is -0.392 e. The van der Waals surface area contributed by atoms with E-state index in [0.29, 0.717) is 5.92 Å². The van der Waals surface area contributed by atoms with Crippen LogP contribution in [0.25, 0.3) is 0 Å². The highest BCUT2D eigenvalue weighted by Crippen LogP contribution is 2.73. The fourth-order valence-corrected chi connectivity index (χ4v) is 3.45. The van der Waals surface area contributed by atoms with Crippen LogP contribution < -0.4 is 0 Å². The summed E-state index contributed by atoms with van der Waals surface area (Å²) in [6, 6.07) is 0. The Bertz CT molecular complexity index is 234. The van der Waals surface area contributed by atoms with Crippen molar-refractivity contribution in [1.82, 2.24) is 0 Å². The number of hydrogen-bond acceptors (Lipinski definition) is 2. The second-order valence-corrected chi connectivity index (χ2v) is 5.19. The summed E-state index contributed by atoms with van der Waals surface area (Å²) in [5.74, 6) is 0.629. The topological polar surface area (TPSA) is 40.5 Å². The molecule has 2 spiro atoms.